The van der Waals surface area contributed by atoms with Crippen LogP contribution in [0.15, 0.2) is 0 Å². The zero-order valence-electron chi connectivity index (χ0n) is 21.6. The Morgan fingerprint density at radius 1 is 0.595 bits per heavy atom. The quantitative estimate of drug-likeness (QED) is 0.120. The molecule has 4 rings (SSSR count). The fourth-order valence-corrected chi connectivity index (χ4v) is 4.92. The van der Waals surface area contributed by atoms with Crippen molar-refractivity contribution in [2.24, 2.45) is 0 Å². The van der Waals surface area contributed by atoms with E-state index < -0.39 is 136 Å². The molecule has 0 saturated carbocycles. The Balaban J connectivity index is 1.58. The molecule has 42 heavy (non-hydrogen) atoms. The molecule has 20 heteroatoms. The maximum absolute atomic E-state index is 11.7. The minimum absolute atomic E-state index is 0.499. The molecule has 20 nitrogen and oxygen atoms in total. The molecule has 0 aromatic rings. The van der Waals surface area contributed by atoms with Gasteiger partial charge < -0.3 is 94.4 Å². The van der Waals surface area contributed by atoms with E-state index >= 15 is 0 Å². The SMILES string of the molecule is O=C(O)[C@H]1O[C@@H](O)[C@H](O[C@@H]2O[C@H](CO)[C@@H](O)[C@H](O)[C@H]2O)[C@@H](O[C@@H]2OC[C@H](O)[C@H](O)[C@H]2O[C@@H]2OC[C@@H](O)[C@H](O)[C@H]2O)[C@@H]1O. The summed E-state index contributed by atoms with van der Waals surface area (Å²) in [4.78, 5) is 11.7. The summed E-state index contributed by atoms with van der Waals surface area (Å²) in [5.74, 6) is -1.75. The first-order valence-electron chi connectivity index (χ1n) is 12.9. The Hall–Kier alpha value is -1.25. The normalized spacial score (nSPS) is 52.2. The molecule has 4 saturated heterocycles. The number of aliphatic carboxylic acids is 1. The molecule has 0 amide bonds. The summed E-state index contributed by atoms with van der Waals surface area (Å²) in [6.45, 7) is -1.93. The van der Waals surface area contributed by atoms with Crippen molar-refractivity contribution in [1.29, 1.82) is 0 Å². The molecule has 4 aliphatic heterocycles. The summed E-state index contributed by atoms with van der Waals surface area (Å²) in [5.41, 5.74) is 0. The van der Waals surface area contributed by atoms with Crippen LogP contribution in [0, 0.1) is 0 Å². The molecule has 12 N–H and O–H groups in total. The summed E-state index contributed by atoms with van der Waals surface area (Å²) < 4.78 is 37.4. The van der Waals surface area contributed by atoms with Gasteiger partial charge in [-0.1, -0.05) is 0 Å². The van der Waals surface area contributed by atoms with Crippen LogP contribution >= 0.6 is 0 Å². The van der Waals surface area contributed by atoms with Crippen molar-refractivity contribution in [2.45, 2.75) is 111 Å². The molecular formula is C22H36O20. The molecule has 0 unspecified atom stereocenters. The van der Waals surface area contributed by atoms with Crippen molar-refractivity contribution >= 4 is 5.97 Å². The van der Waals surface area contributed by atoms with E-state index in [2.05, 4.69) is 0 Å². The van der Waals surface area contributed by atoms with E-state index in [-0.39, 0.29) is 0 Å². The third-order valence-corrected chi connectivity index (χ3v) is 7.39. The van der Waals surface area contributed by atoms with Crippen LogP contribution in [0.3, 0.4) is 0 Å². The zero-order valence-corrected chi connectivity index (χ0v) is 21.6. The summed E-state index contributed by atoms with van der Waals surface area (Å²) in [5, 5.41) is 121. The van der Waals surface area contributed by atoms with E-state index in [1.807, 2.05) is 0 Å². The van der Waals surface area contributed by atoms with Gasteiger partial charge in [0.15, 0.2) is 31.3 Å². The molecule has 0 radical (unpaired) electrons. The van der Waals surface area contributed by atoms with E-state index in [0.29, 0.717) is 0 Å². The Morgan fingerprint density at radius 3 is 1.76 bits per heavy atom. The molecule has 4 heterocycles. The number of hydrogen-bond acceptors (Lipinski definition) is 19. The first-order chi connectivity index (χ1) is 19.8. The van der Waals surface area contributed by atoms with Gasteiger partial charge >= 0.3 is 5.97 Å². The van der Waals surface area contributed by atoms with Gasteiger partial charge in [0.1, 0.15) is 79.4 Å². The molecule has 0 aliphatic carbocycles. The van der Waals surface area contributed by atoms with Gasteiger partial charge in [0.05, 0.1) is 19.8 Å². The smallest absolute Gasteiger partial charge is 0.335 e. The molecule has 0 aromatic heterocycles. The molecule has 0 aromatic carbocycles. The second kappa shape index (κ2) is 13.8. The third kappa shape index (κ3) is 6.71. The van der Waals surface area contributed by atoms with E-state index in [4.69, 9.17) is 33.2 Å². The molecule has 18 atom stereocenters. The van der Waals surface area contributed by atoms with Crippen LogP contribution in [-0.2, 0) is 38.0 Å². The van der Waals surface area contributed by atoms with Crippen molar-refractivity contribution in [3.8, 4) is 0 Å². The van der Waals surface area contributed by atoms with Gasteiger partial charge in [-0.05, 0) is 0 Å². The largest absolute Gasteiger partial charge is 0.479 e. The highest BCUT2D eigenvalue weighted by Crippen LogP contribution is 2.33. The van der Waals surface area contributed by atoms with Gasteiger partial charge in [-0.3, -0.25) is 0 Å². The van der Waals surface area contributed by atoms with E-state index in [0.717, 1.165) is 0 Å². The monoisotopic (exact) mass is 620 g/mol. The highest BCUT2D eigenvalue weighted by atomic mass is 16.8. The predicted octanol–water partition coefficient (Wildman–Crippen LogP) is -8.38. The van der Waals surface area contributed by atoms with E-state index in [1.54, 1.807) is 0 Å². The lowest BCUT2D eigenvalue weighted by molar-refractivity contribution is -0.389. The lowest BCUT2D eigenvalue weighted by atomic mass is 9.96. The van der Waals surface area contributed by atoms with Gasteiger partial charge in [0, 0.05) is 0 Å². The van der Waals surface area contributed by atoms with E-state index in [9.17, 15) is 66.1 Å². The Bertz CT molecular complexity index is 894. The number of aliphatic hydroxyl groups excluding tert-OH is 11. The van der Waals surface area contributed by atoms with Crippen LogP contribution < -0.4 is 0 Å². The second-order valence-corrected chi connectivity index (χ2v) is 10.3. The number of ether oxygens (including phenoxy) is 7. The molecule has 4 fully saturated rings. The summed E-state index contributed by atoms with van der Waals surface area (Å²) in [7, 11) is 0. The summed E-state index contributed by atoms with van der Waals surface area (Å²) in [6, 6.07) is 0. The third-order valence-electron chi connectivity index (χ3n) is 7.39. The number of rotatable bonds is 8. The van der Waals surface area contributed by atoms with Crippen molar-refractivity contribution in [3.63, 3.8) is 0 Å². The van der Waals surface area contributed by atoms with Crippen LogP contribution in [0.2, 0.25) is 0 Å². The Morgan fingerprint density at radius 2 is 1.14 bits per heavy atom. The predicted molar refractivity (Wildman–Crippen MR) is 122 cm³/mol. The van der Waals surface area contributed by atoms with Gasteiger partial charge in [0.2, 0.25) is 0 Å². The van der Waals surface area contributed by atoms with Crippen LogP contribution in [-0.4, -0.2) is 198 Å². The van der Waals surface area contributed by atoms with Gasteiger partial charge in [-0.2, -0.15) is 0 Å². The maximum atomic E-state index is 11.7. The van der Waals surface area contributed by atoms with E-state index in [1.165, 1.54) is 0 Å². The molecule has 244 valence electrons. The van der Waals surface area contributed by atoms with Crippen LogP contribution in [0.4, 0.5) is 0 Å². The first-order valence-corrected chi connectivity index (χ1v) is 12.9. The first kappa shape index (κ1) is 33.6. The summed E-state index contributed by atoms with van der Waals surface area (Å²) >= 11 is 0. The average molecular weight is 621 g/mol. The molecular weight excluding hydrogens is 584 g/mol. The van der Waals surface area contributed by atoms with Gasteiger partial charge in [-0.15, -0.1) is 0 Å². The zero-order chi connectivity index (χ0) is 31.0. The number of carboxylic acids is 1. The fourth-order valence-electron chi connectivity index (χ4n) is 4.92. The molecule has 0 spiro atoms. The van der Waals surface area contributed by atoms with Crippen molar-refractivity contribution < 1.29 is 99.2 Å². The lowest BCUT2D eigenvalue weighted by Gasteiger charge is -2.48. The maximum Gasteiger partial charge on any atom is 0.335 e. The summed E-state index contributed by atoms with van der Waals surface area (Å²) in [6.07, 6.45) is -33.2. The highest BCUT2D eigenvalue weighted by molar-refractivity contribution is 5.73. The molecule has 0 bridgehead atoms. The number of aliphatic hydroxyl groups is 11. The lowest BCUT2D eigenvalue weighted by Crippen LogP contribution is -2.67. The number of hydrogen-bond donors (Lipinski definition) is 12. The minimum Gasteiger partial charge on any atom is -0.479 e. The number of carbonyl (C=O) groups is 1. The van der Waals surface area contributed by atoms with Gasteiger partial charge in [0.25, 0.3) is 0 Å². The Kier molecular flexibility index (Phi) is 11.1. The number of carboxylic acid groups (broad SMARTS) is 1. The van der Waals surface area contributed by atoms with Crippen LogP contribution in [0.5, 0.6) is 0 Å². The average Bonchev–Trinajstić information content (AvgIpc) is 2.95. The second-order valence-electron chi connectivity index (χ2n) is 10.3. The van der Waals surface area contributed by atoms with Crippen molar-refractivity contribution in [1.82, 2.24) is 0 Å². The van der Waals surface area contributed by atoms with Crippen molar-refractivity contribution in [2.75, 3.05) is 19.8 Å². The Labute approximate surface area is 236 Å². The topological polar surface area (TPSA) is 324 Å². The highest BCUT2D eigenvalue weighted by Gasteiger charge is 2.55. The molecule has 4 aliphatic rings. The van der Waals surface area contributed by atoms with Crippen LogP contribution in [0.1, 0.15) is 0 Å². The van der Waals surface area contributed by atoms with Crippen LogP contribution in [0.25, 0.3) is 0 Å². The van der Waals surface area contributed by atoms with Crippen molar-refractivity contribution in [3.05, 3.63) is 0 Å². The fraction of sp³-hybridized carbons (Fsp3) is 0.955. The minimum atomic E-state index is -2.22. The van der Waals surface area contributed by atoms with Gasteiger partial charge in [-0.25, -0.2) is 4.79 Å². The standard InChI is InChI=1S/C22H36O20/c23-1-6-9(28)10(29)12(31)21(38-6)42-17-14(13(32)15(18(33)34)39-19(17)35)40-22-16(8(27)5(25)3-37-22)41-20-11(30)7(26)4(24)2-36-20/h4-17,19-32,35H,1-3H2,(H,33,34)/t4-,5+,6-,7+,8+,9-,10+,11-,12-,13+,14+,15+,16-,17-,19-,20+,21+,22+/m1/s1.